The molecular weight excluding hydrogens is 362 g/mol. The van der Waals surface area contributed by atoms with E-state index in [1.807, 2.05) is 49.4 Å². The number of carbonyl (C=O) groups excluding carboxylic acids is 1. The molecule has 2 atom stereocenters. The van der Waals surface area contributed by atoms with Gasteiger partial charge in [-0.3, -0.25) is 4.79 Å². The molecule has 1 heterocycles. The number of fused-ring (bicyclic) bond motifs is 2. The molecule has 0 saturated carbocycles. The van der Waals surface area contributed by atoms with Crippen molar-refractivity contribution in [2.75, 3.05) is 6.54 Å². The summed E-state index contributed by atoms with van der Waals surface area (Å²) in [6.45, 7) is 2.35. The van der Waals surface area contributed by atoms with E-state index in [2.05, 4.69) is 30.3 Å². The lowest BCUT2D eigenvalue weighted by Gasteiger charge is -2.36. The molecule has 0 spiro atoms. The van der Waals surface area contributed by atoms with Crippen molar-refractivity contribution in [2.45, 2.75) is 19.3 Å². The summed E-state index contributed by atoms with van der Waals surface area (Å²) in [6.07, 6.45) is -0.818. The van der Waals surface area contributed by atoms with Crippen LogP contribution in [0.5, 0.6) is 0 Å². The Kier molecular flexibility index (Phi) is 4.51. The number of amides is 1. The summed E-state index contributed by atoms with van der Waals surface area (Å²) in [4.78, 5) is 19.1. The van der Waals surface area contributed by atoms with Gasteiger partial charge < -0.3 is 4.74 Å². The van der Waals surface area contributed by atoms with Gasteiger partial charge in [-0.2, -0.15) is 0 Å². The lowest BCUT2D eigenvalue weighted by Crippen LogP contribution is -2.44. The minimum absolute atomic E-state index is 0.154. The van der Waals surface area contributed by atoms with Gasteiger partial charge in [0.25, 0.3) is 5.91 Å². The molecule has 0 aromatic heterocycles. The average Bonchev–Trinajstić information content (AvgIpc) is 2.77. The highest BCUT2D eigenvalue weighted by Gasteiger charge is 2.33. The van der Waals surface area contributed by atoms with E-state index in [1.54, 1.807) is 12.1 Å². The summed E-state index contributed by atoms with van der Waals surface area (Å²) in [7, 11) is 0. The summed E-state index contributed by atoms with van der Waals surface area (Å²) in [6, 6.07) is 27.8. The Balaban J connectivity index is 1.61. The summed E-state index contributed by atoms with van der Waals surface area (Å²) in [5, 5.41) is 5.81. The second-order valence-electron chi connectivity index (χ2n) is 7.35. The standard InChI is InChI=1S/C25H21NO3/c1-17-16-26(24(27)18-9-3-2-4-10-18)29-25(28-17)23-21-13-7-5-11-19(21)15-20-12-6-8-14-22(20)23/h2-15,17,25H,16H2,1H3/t17-,25-/m0/s1. The quantitative estimate of drug-likeness (QED) is 0.430. The largest absolute Gasteiger partial charge is 0.341 e. The molecule has 4 heteroatoms. The summed E-state index contributed by atoms with van der Waals surface area (Å²) < 4.78 is 6.19. The van der Waals surface area contributed by atoms with Crippen molar-refractivity contribution >= 4 is 27.5 Å². The maximum atomic E-state index is 13.0. The van der Waals surface area contributed by atoms with E-state index < -0.39 is 6.29 Å². The smallest absolute Gasteiger partial charge is 0.277 e. The van der Waals surface area contributed by atoms with Gasteiger partial charge in [-0.05, 0) is 46.7 Å². The minimum Gasteiger partial charge on any atom is -0.341 e. The second kappa shape index (κ2) is 7.32. The second-order valence-corrected chi connectivity index (χ2v) is 7.35. The number of carbonyl (C=O) groups is 1. The third-order valence-corrected chi connectivity index (χ3v) is 5.30. The molecular formula is C25H21NO3. The molecule has 0 radical (unpaired) electrons. The Bertz CT molecular complexity index is 1130. The van der Waals surface area contributed by atoms with Crippen LogP contribution in [-0.4, -0.2) is 23.6 Å². The molecule has 4 aromatic carbocycles. The van der Waals surface area contributed by atoms with Crippen molar-refractivity contribution in [2.24, 2.45) is 0 Å². The van der Waals surface area contributed by atoms with Gasteiger partial charge in [0.1, 0.15) is 0 Å². The van der Waals surface area contributed by atoms with Gasteiger partial charge in [0.15, 0.2) is 0 Å². The van der Waals surface area contributed by atoms with Crippen molar-refractivity contribution in [1.29, 1.82) is 0 Å². The predicted octanol–water partition coefficient (Wildman–Crippen LogP) is 5.48. The van der Waals surface area contributed by atoms with Crippen LogP contribution in [0.25, 0.3) is 21.5 Å². The number of hydrogen-bond acceptors (Lipinski definition) is 3. The Morgan fingerprint density at radius 2 is 1.45 bits per heavy atom. The Hall–Kier alpha value is -3.21. The molecule has 1 fully saturated rings. The van der Waals surface area contributed by atoms with Crippen LogP contribution >= 0.6 is 0 Å². The number of hydroxylamine groups is 2. The van der Waals surface area contributed by atoms with Crippen molar-refractivity contribution < 1.29 is 14.4 Å². The van der Waals surface area contributed by atoms with E-state index >= 15 is 0 Å². The van der Waals surface area contributed by atoms with E-state index in [0.29, 0.717) is 12.1 Å². The van der Waals surface area contributed by atoms with Crippen LogP contribution in [0.1, 0.15) is 29.1 Å². The van der Waals surface area contributed by atoms with Gasteiger partial charge in [-0.1, -0.05) is 66.7 Å². The zero-order chi connectivity index (χ0) is 19.8. The average molecular weight is 383 g/mol. The molecule has 5 rings (SSSR count). The number of hydrogen-bond donors (Lipinski definition) is 0. The molecule has 0 bridgehead atoms. The van der Waals surface area contributed by atoms with Crippen molar-refractivity contribution in [3.05, 3.63) is 96.1 Å². The third-order valence-electron chi connectivity index (χ3n) is 5.30. The van der Waals surface area contributed by atoms with Crippen LogP contribution in [0.3, 0.4) is 0 Å². The Morgan fingerprint density at radius 3 is 2.10 bits per heavy atom. The highest BCUT2D eigenvalue weighted by Crippen LogP contribution is 2.37. The van der Waals surface area contributed by atoms with E-state index in [-0.39, 0.29) is 12.0 Å². The van der Waals surface area contributed by atoms with Gasteiger partial charge in [0, 0.05) is 11.1 Å². The SMILES string of the molecule is C[C@H]1CN(C(=O)c2ccccc2)O[C@@H](c2c3ccccc3cc3ccccc23)O1. The fourth-order valence-corrected chi connectivity index (χ4v) is 3.95. The Morgan fingerprint density at radius 1 is 0.862 bits per heavy atom. The summed E-state index contributed by atoms with van der Waals surface area (Å²) >= 11 is 0. The Labute approximate surface area is 169 Å². The van der Waals surface area contributed by atoms with Gasteiger partial charge in [-0.25, -0.2) is 9.90 Å². The van der Waals surface area contributed by atoms with Crippen LogP contribution in [0.4, 0.5) is 0 Å². The first-order chi connectivity index (χ1) is 14.2. The number of rotatable bonds is 2. The zero-order valence-corrected chi connectivity index (χ0v) is 16.1. The molecule has 1 aliphatic heterocycles. The molecule has 4 aromatic rings. The molecule has 29 heavy (non-hydrogen) atoms. The maximum absolute atomic E-state index is 13.0. The third kappa shape index (κ3) is 3.27. The van der Waals surface area contributed by atoms with Gasteiger partial charge >= 0.3 is 0 Å². The van der Waals surface area contributed by atoms with Crippen LogP contribution in [0.15, 0.2) is 84.9 Å². The monoisotopic (exact) mass is 383 g/mol. The van der Waals surface area contributed by atoms with E-state index in [0.717, 1.165) is 27.1 Å². The van der Waals surface area contributed by atoms with Crippen molar-refractivity contribution in [3.8, 4) is 0 Å². The van der Waals surface area contributed by atoms with Crippen LogP contribution in [-0.2, 0) is 9.57 Å². The fourth-order valence-electron chi connectivity index (χ4n) is 3.95. The topological polar surface area (TPSA) is 38.8 Å². The van der Waals surface area contributed by atoms with Crippen molar-refractivity contribution in [3.63, 3.8) is 0 Å². The van der Waals surface area contributed by atoms with Gasteiger partial charge in [0.2, 0.25) is 6.29 Å². The molecule has 1 aliphatic rings. The molecule has 0 N–H and O–H groups in total. The molecule has 1 saturated heterocycles. The molecule has 1 amide bonds. The fraction of sp³-hybridized carbons (Fsp3) is 0.160. The lowest BCUT2D eigenvalue weighted by molar-refractivity contribution is -0.319. The van der Waals surface area contributed by atoms with E-state index in [1.165, 1.54) is 5.06 Å². The highest BCUT2D eigenvalue weighted by molar-refractivity contribution is 6.02. The molecule has 0 unspecified atom stereocenters. The first-order valence-corrected chi connectivity index (χ1v) is 9.80. The minimum atomic E-state index is -0.664. The van der Waals surface area contributed by atoms with Crippen LogP contribution in [0.2, 0.25) is 0 Å². The van der Waals surface area contributed by atoms with Crippen LogP contribution < -0.4 is 0 Å². The first-order valence-electron chi connectivity index (χ1n) is 9.80. The van der Waals surface area contributed by atoms with E-state index in [9.17, 15) is 4.79 Å². The van der Waals surface area contributed by atoms with Crippen LogP contribution in [0, 0.1) is 0 Å². The molecule has 4 nitrogen and oxygen atoms in total. The number of benzene rings is 4. The highest BCUT2D eigenvalue weighted by atomic mass is 16.8. The van der Waals surface area contributed by atoms with E-state index in [4.69, 9.17) is 9.57 Å². The van der Waals surface area contributed by atoms with Crippen molar-refractivity contribution in [1.82, 2.24) is 5.06 Å². The summed E-state index contributed by atoms with van der Waals surface area (Å²) in [5.74, 6) is -0.157. The molecule has 144 valence electrons. The van der Waals surface area contributed by atoms with Gasteiger partial charge in [0.05, 0.1) is 12.6 Å². The van der Waals surface area contributed by atoms with Gasteiger partial charge in [-0.15, -0.1) is 0 Å². The summed E-state index contributed by atoms with van der Waals surface area (Å²) in [5.41, 5.74) is 1.55. The normalized spacial score (nSPS) is 19.6. The maximum Gasteiger partial charge on any atom is 0.277 e. The number of ether oxygens (including phenoxy) is 1. The molecule has 0 aliphatic carbocycles. The predicted molar refractivity (Wildman–Crippen MR) is 113 cm³/mol. The first kappa shape index (κ1) is 17.9. The number of nitrogens with zero attached hydrogens (tertiary/aromatic N) is 1. The lowest BCUT2D eigenvalue weighted by atomic mass is 9.96. The zero-order valence-electron chi connectivity index (χ0n) is 16.1.